The molecule has 0 bridgehead atoms. The van der Waals surface area contributed by atoms with Gasteiger partial charge in [-0.25, -0.2) is 0 Å². The molecule has 0 aliphatic rings. The summed E-state index contributed by atoms with van der Waals surface area (Å²) in [5, 5.41) is 10.7. The summed E-state index contributed by atoms with van der Waals surface area (Å²) in [7, 11) is 0. The van der Waals surface area contributed by atoms with E-state index in [9.17, 15) is 14.7 Å². The third kappa shape index (κ3) is 2.55. The number of rotatable bonds is 3. The van der Waals surface area contributed by atoms with Crippen LogP contribution in [-0.4, -0.2) is 31.6 Å². The van der Waals surface area contributed by atoms with E-state index in [4.69, 9.17) is 5.84 Å². The zero-order chi connectivity index (χ0) is 14.9. The Kier molecular flexibility index (Phi) is 4.11. The fourth-order valence-corrected chi connectivity index (χ4v) is 3.68. The molecule has 0 heterocycles. The number of fused-ring (bicyclic) bond motifs is 1. The number of amides is 1. The molecule has 0 saturated carbocycles. The molecule has 20 heavy (non-hydrogen) atoms. The van der Waals surface area contributed by atoms with Gasteiger partial charge in [-0.15, -0.1) is 0 Å². The monoisotopic (exact) mass is 334 g/mol. The van der Waals surface area contributed by atoms with Crippen molar-refractivity contribution in [2.75, 3.05) is 0 Å². The number of benzene rings is 2. The van der Waals surface area contributed by atoms with Crippen LogP contribution in [-0.2, 0) is 0 Å². The van der Waals surface area contributed by atoms with Crippen LogP contribution in [0.15, 0.2) is 30.3 Å². The van der Waals surface area contributed by atoms with Crippen molar-refractivity contribution in [2.45, 2.75) is 11.4 Å². The van der Waals surface area contributed by atoms with Gasteiger partial charge in [0.05, 0.1) is 0 Å². The first-order valence-electron chi connectivity index (χ1n) is 5.94. The summed E-state index contributed by atoms with van der Waals surface area (Å²) in [5.74, 6) is 3.45. The molecule has 4 N–H and O–H groups in total. The van der Waals surface area contributed by atoms with Crippen molar-refractivity contribution in [1.82, 2.24) is 5.43 Å². The van der Waals surface area contributed by atoms with Crippen LogP contribution in [0.1, 0.15) is 20.7 Å². The number of carbonyl (C=O) groups is 2. The van der Waals surface area contributed by atoms with E-state index in [-0.39, 0.29) is 11.1 Å². The molecule has 0 saturated heterocycles. The molecular formula is C14H15AsN2O3. The maximum atomic E-state index is 11.9. The number of carbonyl (C=O) groups excluding carboxylic acids is 1. The van der Waals surface area contributed by atoms with E-state index in [1.807, 2.05) is 23.6 Å². The summed E-state index contributed by atoms with van der Waals surface area (Å²) in [6.45, 7) is 0. The average Bonchev–Trinajstić information content (AvgIpc) is 2.44. The Morgan fingerprint density at radius 3 is 2.40 bits per heavy atom. The Morgan fingerprint density at radius 2 is 1.85 bits per heavy atom. The van der Waals surface area contributed by atoms with Crippen molar-refractivity contribution in [2.24, 2.45) is 5.84 Å². The van der Waals surface area contributed by atoms with Gasteiger partial charge in [-0.3, -0.25) is 0 Å². The quantitative estimate of drug-likeness (QED) is 0.339. The Morgan fingerprint density at radius 1 is 1.20 bits per heavy atom. The summed E-state index contributed by atoms with van der Waals surface area (Å²) in [6, 6.07) is 9.00. The average molecular weight is 334 g/mol. The molecule has 2 aromatic rings. The molecule has 0 aliphatic carbocycles. The minimum absolute atomic E-state index is 0.0381. The molecule has 0 radical (unpaired) electrons. The van der Waals surface area contributed by atoms with Crippen LogP contribution in [0.3, 0.4) is 0 Å². The molecule has 0 aliphatic heterocycles. The van der Waals surface area contributed by atoms with Gasteiger partial charge >= 0.3 is 120 Å². The van der Waals surface area contributed by atoms with Crippen LogP contribution in [0.5, 0.6) is 0 Å². The van der Waals surface area contributed by atoms with E-state index >= 15 is 0 Å². The molecule has 0 aromatic heterocycles. The number of hydrazine groups is 1. The number of hydrogen-bond donors (Lipinski definition) is 3. The van der Waals surface area contributed by atoms with Gasteiger partial charge < -0.3 is 0 Å². The number of carboxylic acids is 1. The van der Waals surface area contributed by atoms with Crippen LogP contribution in [0, 0.1) is 0 Å². The molecule has 2 rings (SSSR count). The van der Waals surface area contributed by atoms with Crippen molar-refractivity contribution in [3.63, 3.8) is 0 Å². The number of nitrogens with one attached hydrogen (secondary N) is 1. The topological polar surface area (TPSA) is 92.4 Å². The zero-order valence-electron chi connectivity index (χ0n) is 11.2. The fraction of sp³-hybridized carbons (Fsp3) is 0.143. The Bertz CT molecular complexity index is 698. The van der Waals surface area contributed by atoms with E-state index < -0.39 is 26.5 Å². The van der Waals surface area contributed by atoms with Crippen molar-refractivity contribution >= 4 is 41.7 Å². The number of nitrogens with two attached hydrogens (primary N) is 1. The summed E-state index contributed by atoms with van der Waals surface area (Å²) in [4.78, 5) is 23.2. The molecular weight excluding hydrogens is 319 g/mol. The molecule has 0 unspecified atom stereocenters. The predicted octanol–water partition coefficient (Wildman–Crippen LogP) is 1.10. The van der Waals surface area contributed by atoms with Gasteiger partial charge in [-0.1, -0.05) is 0 Å². The van der Waals surface area contributed by atoms with Gasteiger partial charge in [0.25, 0.3) is 0 Å². The van der Waals surface area contributed by atoms with Gasteiger partial charge in [0.1, 0.15) is 0 Å². The van der Waals surface area contributed by atoms with Crippen molar-refractivity contribution in [1.29, 1.82) is 0 Å². The predicted molar refractivity (Wildman–Crippen MR) is 79.7 cm³/mol. The van der Waals surface area contributed by atoms with Crippen LogP contribution in [0.2, 0.25) is 11.4 Å². The Balaban J connectivity index is 2.84. The van der Waals surface area contributed by atoms with E-state index in [0.717, 1.165) is 5.39 Å². The van der Waals surface area contributed by atoms with E-state index in [1.165, 1.54) is 10.4 Å². The van der Waals surface area contributed by atoms with Gasteiger partial charge in [-0.05, 0) is 0 Å². The summed E-state index contributed by atoms with van der Waals surface area (Å²) in [5.41, 5.74) is 6.47. The molecule has 104 valence electrons. The van der Waals surface area contributed by atoms with E-state index in [2.05, 4.69) is 11.4 Å². The van der Waals surface area contributed by atoms with Crippen LogP contribution in [0.4, 0.5) is 0 Å². The molecule has 6 heteroatoms. The molecule has 0 spiro atoms. The minimum atomic E-state index is -1.14. The van der Waals surface area contributed by atoms with E-state index in [1.54, 1.807) is 6.07 Å². The third-order valence-corrected chi connectivity index (χ3v) is 5.86. The van der Waals surface area contributed by atoms with Gasteiger partial charge in [0.15, 0.2) is 0 Å². The fourth-order valence-electron chi connectivity index (χ4n) is 2.08. The normalized spacial score (nSPS) is 10.8. The molecule has 0 atom stereocenters. The number of aromatic carboxylic acids is 1. The molecule has 0 fully saturated rings. The van der Waals surface area contributed by atoms with E-state index in [0.29, 0.717) is 5.39 Å². The van der Waals surface area contributed by atoms with Crippen LogP contribution >= 0.6 is 0 Å². The van der Waals surface area contributed by atoms with Crippen molar-refractivity contribution in [3.8, 4) is 0 Å². The second kappa shape index (κ2) is 5.65. The standard InChI is InChI=1S/C14H15AsN2O3/c1-15(2)9-5-3-8-4-6-10(14(19)20)12(11(8)7-9)13(18)17-16/h3-7H,16H2,1-2H3,(H,17,18)(H,19,20). The Hall–Kier alpha value is -1.84. The maximum absolute atomic E-state index is 11.9. The Labute approximate surface area is 121 Å². The zero-order valence-corrected chi connectivity index (χ0v) is 13.1. The second-order valence-corrected chi connectivity index (χ2v) is 9.40. The number of hydrogen-bond acceptors (Lipinski definition) is 3. The third-order valence-electron chi connectivity index (χ3n) is 3.11. The first-order chi connectivity index (χ1) is 9.45. The first-order valence-corrected chi connectivity index (χ1v) is 10.6. The SMILES string of the molecule is C[As](C)c1ccc2ccc(C(=O)O)c(C(=O)NN)c2c1. The van der Waals surface area contributed by atoms with Crippen molar-refractivity contribution < 1.29 is 14.7 Å². The van der Waals surface area contributed by atoms with Gasteiger partial charge in [-0.2, -0.15) is 0 Å². The van der Waals surface area contributed by atoms with Crippen LogP contribution in [0.25, 0.3) is 10.8 Å². The molecule has 2 aromatic carbocycles. The molecule has 1 amide bonds. The second-order valence-electron chi connectivity index (χ2n) is 4.57. The van der Waals surface area contributed by atoms with Crippen molar-refractivity contribution in [3.05, 3.63) is 41.5 Å². The summed E-state index contributed by atoms with van der Waals surface area (Å²) in [6.07, 6.45) is 0. The first kappa shape index (κ1) is 14.6. The summed E-state index contributed by atoms with van der Waals surface area (Å²) >= 11 is -1.11. The van der Waals surface area contributed by atoms with Crippen LogP contribution < -0.4 is 15.6 Å². The van der Waals surface area contributed by atoms with Gasteiger partial charge in [0.2, 0.25) is 0 Å². The number of nitrogen functional groups attached to an aromatic ring is 1. The summed E-state index contributed by atoms with van der Waals surface area (Å²) < 4.78 is 1.18. The van der Waals surface area contributed by atoms with Gasteiger partial charge in [0, 0.05) is 0 Å². The number of carboxylic acid groups (broad SMARTS) is 1. The molecule has 5 nitrogen and oxygen atoms in total.